The summed E-state index contributed by atoms with van der Waals surface area (Å²) < 4.78 is 5.12. The molecule has 1 aromatic carbocycles. The van der Waals surface area contributed by atoms with Gasteiger partial charge in [0.1, 0.15) is 5.76 Å². The van der Waals surface area contributed by atoms with Gasteiger partial charge in [-0.05, 0) is 25.1 Å². The fraction of sp³-hybridized carbons (Fsp3) is 0.0667. The molecule has 4 nitrogen and oxygen atoms in total. The van der Waals surface area contributed by atoms with Crippen molar-refractivity contribution in [3.63, 3.8) is 0 Å². The van der Waals surface area contributed by atoms with Gasteiger partial charge in [-0.2, -0.15) is 0 Å². The highest BCUT2D eigenvalue weighted by molar-refractivity contribution is 6.05. The van der Waals surface area contributed by atoms with E-state index in [1.165, 1.54) is 6.26 Å². The van der Waals surface area contributed by atoms with Crippen LogP contribution in [-0.2, 0) is 0 Å². The molecular weight excluding hydrogens is 240 g/mol. The molecule has 0 aliphatic carbocycles. The molecule has 0 radical (unpaired) electrons. The number of carbonyl (C=O) groups is 1. The molecule has 4 heteroatoms. The number of benzene rings is 1. The Bertz CT molecular complexity index is 746. The van der Waals surface area contributed by atoms with Crippen molar-refractivity contribution in [1.82, 2.24) is 4.98 Å². The average molecular weight is 252 g/mol. The van der Waals surface area contributed by atoms with E-state index in [1.807, 2.05) is 30.3 Å². The van der Waals surface area contributed by atoms with Crippen LogP contribution in [0.1, 0.15) is 16.1 Å². The summed E-state index contributed by atoms with van der Waals surface area (Å²) in [5, 5.41) is 3.81. The third-order valence-electron chi connectivity index (χ3n) is 2.95. The number of furan rings is 1. The summed E-state index contributed by atoms with van der Waals surface area (Å²) >= 11 is 0. The van der Waals surface area contributed by atoms with Crippen LogP contribution in [0.2, 0.25) is 0 Å². The van der Waals surface area contributed by atoms with Crippen LogP contribution in [0, 0.1) is 6.92 Å². The van der Waals surface area contributed by atoms with E-state index in [-0.39, 0.29) is 5.91 Å². The standard InChI is InChI=1S/C15H12N2O2/c1-10-13(6-7-19-10)15(18)17-12-8-11-4-2-3-5-14(11)16-9-12/h2-9H,1H3,(H,17,18). The van der Waals surface area contributed by atoms with Gasteiger partial charge in [-0.15, -0.1) is 0 Å². The molecule has 94 valence electrons. The third kappa shape index (κ3) is 2.20. The summed E-state index contributed by atoms with van der Waals surface area (Å²) in [6.07, 6.45) is 3.15. The number of carbonyl (C=O) groups excluding carboxylic acids is 1. The number of aromatic nitrogens is 1. The van der Waals surface area contributed by atoms with Gasteiger partial charge in [0.15, 0.2) is 0 Å². The maximum Gasteiger partial charge on any atom is 0.259 e. The normalized spacial score (nSPS) is 10.6. The van der Waals surface area contributed by atoms with Crippen molar-refractivity contribution in [2.75, 3.05) is 5.32 Å². The molecule has 1 amide bonds. The van der Waals surface area contributed by atoms with Crippen molar-refractivity contribution in [1.29, 1.82) is 0 Å². The minimum absolute atomic E-state index is 0.191. The minimum atomic E-state index is -0.191. The van der Waals surface area contributed by atoms with Gasteiger partial charge in [0.05, 0.1) is 29.2 Å². The lowest BCUT2D eigenvalue weighted by molar-refractivity contribution is 0.102. The molecule has 2 heterocycles. The lowest BCUT2D eigenvalue weighted by Gasteiger charge is -2.05. The first-order chi connectivity index (χ1) is 9.24. The van der Waals surface area contributed by atoms with Gasteiger partial charge in [0, 0.05) is 5.39 Å². The number of amides is 1. The maximum absolute atomic E-state index is 12.0. The Kier molecular flexibility index (Phi) is 2.76. The fourth-order valence-electron chi connectivity index (χ4n) is 1.96. The largest absolute Gasteiger partial charge is 0.469 e. The van der Waals surface area contributed by atoms with Gasteiger partial charge >= 0.3 is 0 Å². The van der Waals surface area contributed by atoms with Crippen molar-refractivity contribution in [3.05, 3.63) is 60.2 Å². The zero-order valence-corrected chi connectivity index (χ0v) is 10.4. The molecule has 0 atom stereocenters. The summed E-state index contributed by atoms with van der Waals surface area (Å²) in [7, 11) is 0. The molecule has 0 saturated heterocycles. The van der Waals surface area contributed by atoms with Gasteiger partial charge in [-0.25, -0.2) is 0 Å². The van der Waals surface area contributed by atoms with Gasteiger partial charge in [0.25, 0.3) is 5.91 Å². The lowest BCUT2D eigenvalue weighted by Crippen LogP contribution is -2.12. The van der Waals surface area contributed by atoms with Crippen LogP contribution in [0.15, 0.2) is 53.3 Å². The summed E-state index contributed by atoms with van der Waals surface area (Å²) in [4.78, 5) is 16.3. The van der Waals surface area contributed by atoms with E-state index in [1.54, 1.807) is 19.2 Å². The van der Waals surface area contributed by atoms with Crippen LogP contribution in [0.4, 0.5) is 5.69 Å². The minimum Gasteiger partial charge on any atom is -0.469 e. The van der Waals surface area contributed by atoms with Gasteiger partial charge in [-0.3, -0.25) is 9.78 Å². The van der Waals surface area contributed by atoms with Crippen LogP contribution in [0.3, 0.4) is 0 Å². The number of aryl methyl sites for hydroxylation is 1. The maximum atomic E-state index is 12.0. The average Bonchev–Trinajstić information content (AvgIpc) is 2.85. The van der Waals surface area contributed by atoms with E-state index in [0.717, 1.165) is 10.9 Å². The summed E-state index contributed by atoms with van der Waals surface area (Å²) in [5.74, 6) is 0.412. The highest BCUT2D eigenvalue weighted by Crippen LogP contribution is 2.17. The van der Waals surface area contributed by atoms with Crippen molar-refractivity contribution >= 4 is 22.5 Å². The quantitative estimate of drug-likeness (QED) is 0.760. The first-order valence-electron chi connectivity index (χ1n) is 5.94. The Morgan fingerprint density at radius 1 is 1.26 bits per heavy atom. The van der Waals surface area contributed by atoms with E-state index in [0.29, 0.717) is 17.0 Å². The van der Waals surface area contributed by atoms with Gasteiger partial charge < -0.3 is 9.73 Å². The number of rotatable bonds is 2. The number of fused-ring (bicyclic) bond motifs is 1. The highest BCUT2D eigenvalue weighted by atomic mass is 16.3. The van der Waals surface area contributed by atoms with Crippen molar-refractivity contribution < 1.29 is 9.21 Å². The van der Waals surface area contributed by atoms with Crippen molar-refractivity contribution in [3.8, 4) is 0 Å². The van der Waals surface area contributed by atoms with E-state index >= 15 is 0 Å². The number of pyridine rings is 1. The Hall–Kier alpha value is -2.62. The molecule has 0 unspecified atom stereocenters. The molecule has 1 N–H and O–H groups in total. The second-order valence-electron chi connectivity index (χ2n) is 4.26. The predicted molar refractivity (Wildman–Crippen MR) is 73.1 cm³/mol. The molecule has 0 aliphatic rings. The van der Waals surface area contributed by atoms with E-state index in [4.69, 9.17) is 4.42 Å². The second-order valence-corrected chi connectivity index (χ2v) is 4.26. The fourth-order valence-corrected chi connectivity index (χ4v) is 1.96. The van der Waals surface area contributed by atoms with E-state index in [9.17, 15) is 4.79 Å². The summed E-state index contributed by atoms with van der Waals surface area (Å²) in [5.41, 5.74) is 2.11. The summed E-state index contributed by atoms with van der Waals surface area (Å²) in [6.45, 7) is 1.76. The van der Waals surface area contributed by atoms with Gasteiger partial charge in [0.2, 0.25) is 0 Å². The number of hydrogen-bond acceptors (Lipinski definition) is 3. The lowest BCUT2D eigenvalue weighted by atomic mass is 10.2. The first-order valence-corrected chi connectivity index (χ1v) is 5.94. The first kappa shape index (κ1) is 11.5. The second kappa shape index (κ2) is 4.57. The molecule has 3 aromatic rings. The zero-order chi connectivity index (χ0) is 13.2. The van der Waals surface area contributed by atoms with Crippen LogP contribution in [0.5, 0.6) is 0 Å². The Labute approximate surface area is 110 Å². The molecule has 3 rings (SSSR count). The monoisotopic (exact) mass is 252 g/mol. The van der Waals surface area contributed by atoms with Crippen molar-refractivity contribution in [2.45, 2.75) is 6.92 Å². The molecule has 0 spiro atoms. The van der Waals surface area contributed by atoms with E-state index < -0.39 is 0 Å². The summed E-state index contributed by atoms with van der Waals surface area (Å²) in [6, 6.07) is 11.3. The third-order valence-corrected chi connectivity index (χ3v) is 2.95. The van der Waals surface area contributed by atoms with Gasteiger partial charge in [-0.1, -0.05) is 18.2 Å². The van der Waals surface area contributed by atoms with Crippen molar-refractivity contribution in [2.24, 2.45) is 0 Å². The smallest absolute Gasteiger partial charge is 0.259 e. The SMILES string of the molecule is Cc1occc1C(=O)Nc1cnc2ccccc2c1. The van der Waals surface area contributed by atoms with Crippen LogP contribution in [0.25, 0.3) is 10.9 Å². The van der Waals surface area contributed by atoms with Crippen LogP contribution < -0.4 is 5.32 Å². The molecule has 2 aromatic heterocycles. The predicted octanol–water partition coefficient (Wildman–Crippen LogP) is 3.39. The van der Waals surface area contributed by atoms with Crippen LogP contribution in [-0.4, -0.2) is 10.9 Å². The van der Waals surface area contributed by atoms with E-state index in [2.05, 4.69) is 10.3 Å². The number of nitrogens with zero attached hydrogens (tertiary/aromatic N) is 1. The molecule has 0 fully saturated rings. The Morgan fingerprint density at radius 2 is 2.11 bits per heavy atom. The topological polar surface area (TPSA) is 55.1 Å². The number of nitrogens with one attached hydrogen (secondary N) is 1. The number of hydrogen-bond donors (Lipinski definition) is 1. The number of para-hydroxylation sites is 1. The molecule has 19 heavy (non-hydrogen) atoms. The zero-order valence-electron chi connectivity index (χ0n) is 10.4. The molecule has 0 bridgehead atoms. The molecule has 0 saturated carbocycles. The Morgan fingerprint density at radius 3 is 2.89 bits per heavy atom. The van der Waals surface area contributed by atoms with Crippen LogP contribution >= 0.6 is 0 Å². The molecular formula is C15H12N2O2. The molecule has 0 aliphatic heterocycles. The Balaban J connectivity index is 1.89. The number of anilines is 1. The highest BCUT2D eigenvalue weighted by Gasteiger charge is 2.11.